The number of hydrogen-bond acceptors (Lipinski definition) is 4. The number of benzene rings is 2. The molecule has 132 valence electrons. The van der Waals surface area contributed by atoms with Crippen molar-refractivity contribution in [2.75, 3.05) is 18.8 Å². The number of thioether (sulfide) groups is 1. The van der Waals surface area contributed by atoms with Crippen LogP contribution in [0.2, 0.25) is 0 Å². The van der Waals surface area contributed by atoms with Crippen LogP contribution in [0.3, 0.4) is 0 Å². The van der Waals surface area contributed by atoms with Crippen LogP contribution in [0.15, 0.2) is 59.5 Å². The number of hydrogen-bond donors (Lipinski definition) is 0. The maximum absolute atomic E-state index is 12.9. The van der Waals surface area contributed by atoms with Gasteiger partial charge in [0.15, 0.2) is 5.78 Å². The molecule has 25 heavy (non-hydrogen) atoms. The van der Waals surface area contributed by atoms with E-state index in [1.54, 1.807) is 16.4 Å². The molecule has 1 unspecified atom stereocenters. The lowest BCUT2D eigenvalue weighted by Gasteiger charge is -2.20. The first-order chi connectivity index (χ1) is 12.0. The predicted octanol–water partition coefficient (Wildman–Crippen LogP) is 3.76. The Morgan fingerprint density at radius 1 is 1.04 bits per heavy atom. The molecular weight excluding hydrogens is 354 g/mol. The van der Waals surface area contributed by atoms with Gasteiger partial charge in [0.1, 0.15) is 0 Å². The van der Waals surface area contributed by atoms with E-state index in [1.807, 2.05) is 30.0 Å². The molecule has 1 fully saturated rings. The maximum atomic E-state index is 12.9. The molecule has 0 aromatic heterocycles. The summed E-state index contributed by atoms with van der Waals surface area (Å²) in [5.74, 6) is 0.699. The molecule has 4 nitrogen and oxygen atoms in total. The SMILES string of the molecule is CC(=O)c1ccc(S(=O)(=O)N2CCSC(c3ccccc3)CC2)cc1. The van der Waals surface area contributed by atoms with Crippen molar-refractivity contribution in [1.29, 1.82) is 0 Å². The van der Waals surface area contributed by atoms with Crippen LogP contribution in [-0.4, -0.2) is 37.3 Å². The average molecular weight is 376 g/mol. The highest BCUT2D eigenvalue weighted by Crippen LogP contribution is 2.35. The van der Waals surface area contributed by atoms with Gasteiger partial charge in [0, 0.05) is 29.7 Å². The van der Waals surface area contributed by atoms with E-state index < -0.39 is 10.0 Å². The largest absolute Gasteiger partial charge is 0.295 e. The highest BCUT2D eigenvalue weighted by molar-refractivity contribution is 7.99. The lowest BCUT2D eigenvalue weighted by molar-refractivity contribution is 0.101. The molecule has 0 bridgehead atoms. The van der Waals surface area contributed by atoms with Crippen molar-refractivity contribution in [3.05, 3.63) is 65.7 Å². The number of carbonyl (C=O) groups excluding carboxylic acids is 1. The van der Waals surface area contributed by atoms with Crippen molar-refractivity contribution < 1.29 is 13.2 Å². The van der Waals surface area contributed by atoms with Gasteiger partial charge < -0.3 is 0 Å². The number of ketones is 1. The maximum Gasteiger partial charge on any atom is 0.243 e. The van der Waals surface area contributed by atoms with Crippen LogP contribution < -0.4 is 0 Å². The van der Waals surface area contributed by atoms with E-state index in [1.165, 1.54) is 24.6 Å². The summed E-state index contributed by atoms with van der Waals surface area (Å²) in [5, 5.41) is 0.321. The van der Waals surface area contributed by atoms with Crippen LogP contribution in [0.4, 0.5) is 0 Å². The van der Waals surface area contributed by atoms with Crippen LogP contribution in [0.25, 0.3) is 0 Å². The molecule has 6 heteroatoms. The minimum absolute atomic E-state index is 0.0687. The Hall–Kier alpha value is -1.63. The third-order valence-electron chi connectivity index (χ3n) is 4.37. The molecule has 2 aromatic rings. The lowest BCUT2D eigenvalue weighted by atomic mass is 10.1. The number of sulfonamides is 1. The molecule has 0 amide bonds. The fourth-order valence-corrected chi connectivity index (χ4v) is 5.74. The molecule has 0 radical (unpaired) electrons. The monoisotopic (exact) mass is 375 g/mol. The topological polar surface area (TPSA) is 54.5 Å². The fraction of sp³-hybridized carbons (Fsp3) is 0.316. The molecule has 1 saturated heterocycles. The Morgan fingerprint density at radius 3 is 2.36 bits per heavy atom. The summed E-state index contributed by atoms with van der Waals surface area (Å²) in [6.07, 6.45) is 0.791. The van der Waals surface area contributed by atoms with Gasteiger partial charge in [-0.3, -0.25) is 4.79 Å². The van der Waals surface area contributed by atoms with Crippen molar-refractivity contribution >= 4 is 27.6 Å². The molecule has 0 spiro atoms. The molecule has 0 N–H and O–H groups in total. The van der Waals surface area contributed by atoms with Gasteiger partial charge in [0.2, 0.25) is 10.0 Å². The van der Waals surface area contributed by atoms with Gasteiger partial charge in [0.05, 0.1) is 4.90 Å². The van der Waals surface area contributed by atoms with Crippen LogP contribution in [0, 0.1) is 0 Å². The van der Waals surface area contributed by atoms with Crippen molar-refractivity contribution in [2.24, 2.45) is 0 Å². The van der Waals surface area contributed by atoms with Gasteiger partial charge in [0.25, 0.3) is 0 Å². The van der Waals surface area contributed by atoms with Crippen LogP contribution in [0.5, 0.6) is 0 Å². The van der Waals surface area contributed by atoms with E-state index in [-0.39, 0.29) is 10.7 Å². The number of carbonyl (C=O) groups is 1. The third-order valence-corrected chi connectivity index (χ3v) is 7.61. The van der Waals surface area contributed by atoms with Gasteiger partial charge in [-0.25, -0.2) is 8.42 Å². The summed E-state index contributed by atoms with van der Waals surface area (Å²) >= 11 is 1.81. The fourth-order valence-electron chi connectivity index (χ4n) is 2.93. The van der Waals surface area contributed by atoms with Crippen molar-refractivity contribution in [3.8, 4) is 0 Å². The summed E-state index contributed by atoms with van der Waals surface area (Å²) in [6, 6.07) is 16.4. The van der Waals surface area contributed by atoms with Crippen LogP contribution >= 0.6 is 11.8 Å². The second-order valence-electron chi connectivity index (χ2n) is 6.04. The number of rotatable bonds is 4. The molecule has 1 heterocycles. The second-order valence-corrected chi connectivity index (χ2v) is 9.29. The first-order valence-electron chi connectivity index (χ1n) is 8.26. The minimum atomic E-state index is -3.52. The van der Waals surface area contributed by atoms with E-state index in [9.17, 15) is 13.2 Å². The van der Waals surface area contributed by atoms with Gasteiger partial charge >= 0.3 is 0 Å². The molecule has 0 saturated carbocycles. The average Bonchev–Trinajstić information content (AvgIpc) is 2.89. The Morgan fingerprint density at radius 2 is 1.72 bits per heavy atom. The molecule has 1 aliphatic heterocycles. The number of nitrogens with zero attached hydrogens (tertiary/aromatic N) is 1. The quantitative estimate of drug-likeness (QED) is 0.764. The van der Waals surface area contributed by atoms with Crippen LogP contribution in [0.1, 0.15) is 34.5 Å². The summed E-state index contributed by atoms with van der Waals surface area (Å²) < 4.78 is 27.4. The first kappa shape index (κ1) is 18.2. The van der Waals surface area contributed by atoms with E-state index in [4.69, 9.17) is 0 Å². The highest BCUT2D eigenvalue weighted by atomic mass is 32.2. The molecule has 0 aliphatic carbocycles. The molecule has 3 rings (SSSR count). The standard InChI is InChI=1S/C19H21NO3S2/c1-15(21)16-7-9-18(10-8-16)25(22,23)20-12-11-19(24-14-13-20)17-5-3-2-4-6-17/h2-10,19H,11-14H2,1H3. The summed E-state index contributed by atoms with van der Waals surface area (Å²) in [5.41, 5.74) is 1.77. The van der Waals surface area contributed by atoms with Gasteiger partial charge in [-0.15, -0.1) is 0 Å². The zero-order valence-corrected chi connectivity index (χ0v) is 15.7. The van der Waals surface area contributed by atoms with E-state index >= 15 is 0 Å². The van der Waals surface area contributed by atoms with Gasteiger partial charge in [-0.1, -0.05) is 42.5 Å². The van der Waals surface area contributed by atoms with Gasteiger partial charge in [-0.2, -0.15) is 16.1 Å². The van der Waals surface area contributed by atoms with E-state index in [0.717, 1.165) is 12.2 Å². The lowest BCUT2D eigenvalue weighted by Crippen LogP contribution is -2.33. The van der Waals surface area contributed by atoms with Gasteiger partial charge in [-0.05, 0) is 31.0 Å². The summed E-state index contributed by atoms with van der Waals surface area (Å²) in [4.78, 5) is 11.6. The zero-order valence-electron chi connectivity index (χ0n) is 14.1. The summed E-state index contributed by atoms with van der Waals surface area (Å²) in [7, 11) is -3.52. The second kappa shape index (κ2) is 7.72. The highest BCUT2D eigenvalue weighted by Gasteiger charge is 2.28. The molecular formula is C19H21NO3S2. The summed E-state index contributed by atoms with van der Waals surface area (Å²) in [6.45, 7) is 2.48. The van der Waals surface area contributed by atoms with Crippen molar-refractivity contribution in [1.82, 2.24) is 4.31 Å². The Kier molecular flexibility index (Phi) is 5.61. The Balaban J connectivity index is 1.76. The Bertz CT molecular complexity index is 833. The first-order valence-corrected chi connectivity index (χ1v) is 10.7. The smallest absolute Gasteiger partial charge is 0.243 e. The van der Waals surface area contributed by atoms with E-state index in [2.05, 4.69) is 12.1 Å². The predicted molar refractivity (Wildman–Crippen MR) is 101 cm³/mol. The molecule has 2 aromatic carbocycles. The van der Waals surface area contributed by atoms with Crippen molar-refractivity contribution in [3.63, 3.8) is 0 Å². The molecule has 1 atom stereocenters. The normalized spacial score (nSPS) is 19.3. The zero-order chi connectivity index (χ0) is 17.9. The molecule has 1 aliphatic rings. The Labute approximate surface area is 153 Å². The van der Waals surface area contributed by atoms with E-state index in [0.29, 0.717) is 23.9 Å². The number of Topliss-reactive ketones (excluding diaryl/α,β-unsaturated/α-hetero) is 1. The minimum Gasteiger partial charge on any atom is -0.295 e. The van der Waals surface area contributed by atoms with Crippen LogP contribution in [-0.2, 0) is 10.0 Å². The van der Waals surface area contributed by atoms with Crippen molar-refractivity contribution in [2.45, 2.75) is 23.5 Å². The third kappa shape index (κ3) is 4.14.